The molecule has 0 saturated carbocycles. The van der Waals surface area contributed by atoms with Crippen LogP contribution >= 0.6 is 23.2 Å². The molecule has 0 aliphatic carbocycles. The molecule has 0 radical (unpaired) electrons. The summed E-state index contributed by atoms with van der Waals surface area (Å²) >= 11 is 12.1. The number of amides is 2. The van der Waals surface area contributed by atoms with E-state index in [1.807, 2.05) is 13.8 Å². The number of nitrogens with one attached hydrogen (secondary N) is 1. The molecule has 0 saturated heterocycles. The summed E-state index contributed by atoms with van der Waals surface area (Å²) in [5, 5.41) is 3.58. The molecule has 11 heteroatoms. The average molecular weight is 561 g/mol. The van der Waals surface area contributed by atoms with Crippen molar-refractivity contribution in [1.82, 2.24) is 10.2 Å². The van der Waals surface area contributed by atoms with E-state index in [-0.39, 0.29) is 49.5 Å². The molecule has 0 aliphatic rings. The van der Waals surface area contributed by atoms with Gasteiger partial charge in [0.05, 0.1) is 22.0 Å². The minimum atomic E-state index is -3.79. The highest BCUT2D eigenvalue weighted by Gasteiger charge is 2.27. The van der Waals surface area contributed by atoms with E-state index in [4.69, 9.17) is 23.2 Å². The van der Waals surface area contributed by atoms with Crippen LogP contribution in [0.5, 0.6) is 0 Å². The third kappa shape index (κ3) is 8.35. The third-order valence-corrected chi connectivity index (χ3v) is 7.70. The first kappa shape index (κ1) is 29.9. The van der Waals surface area contributed by atoms with E-state index < -0.39 is 21.9 Å². The Morgan fingerprint density at radius 3 is 2.33 bits per heavy atom. The lowest BCUT2D eigenvalue weighted by Gasteiger charge is -2.30. The smallest absolute Gasteiger partial charge is 0.242 e. The van der Waals surface area contributed by atoms with Crippen molar-refractivity contribution in [1.29, 1.82) is 0 Å². The molecule has 0 bridgehead atoms. The molecular weight excluding hydrogens is 528 g/mol. The van der Waals surface area contributed by atoms with Gasteiger partial charge in [0.15, 0.2) is 0 Å². The molecule has 2 aromatic carbocycles. The Morgan fingerprint density at radius 2 is 1.75 bits per heavy atom. The van der Waals surface area contributed by atoms with Crippen molar-refractivity contribution in [3.8, 4) is 0 Å². The number of halogens is 3. The molecular formula is C25H32Cl2FN3O4S. The SMILES string of the molecule is CC[C@H](C)NC(=O)[C@@H](C)N(Cc1ccc(Cl)c(Cl)c1)C(=O)CCCN(c1ccccc1F)S(C)(=O)=O. The second-order valence-electron chi connectivity index (χ2n) is 8.65. The highest BCUT2D eigenvalue weighted by atomic mass is 35.5. The van der Waals surface area contributed by atoms with Gasteiger partial charge in [-0.3, -0.25) is 13.9 Å². The van der Waals surface area contributed by atoms with Crippen molar-refractivity contribution in [2.75, 3.05) is 17.1 Å². The Morgan fingerprint density at radius 1 is 1.08 bits per heavy atom. The third-order valence-electron chi connectivity index (χ3n) is 5.78. The monoisotopic (exact) mass is 559 g/mol. The molecule has 0 aliphatic heterocycles. The van der Waals surface area contributed by atoms with Gasteiger partial charge in [0.2, 0.25) is 21.8 Å². The van der Waals surface area contributed by atoms with Crippen molar-refractivity contribution in [3.05, 3.63) is 63.9 Å². The van der Waals surface area contributed by atoms with Crippen LogP contribution < -0.4 is 9.62 Å². The molecule has 0 heterocycles. The number of carbonyl (C=O) groups is 2. The lowest BCUT2D eigenvalue weighted by molar-refractivity contribution is -0.140. The molecule has 2 aromatic rings. The van der Waals surface area contributed by atoms with E-state index in [2.05, 4.69) is 5.32 Å². The number of carbonyl (C=O) groups excluding carboxylic acids is 2. The highest BCUT2D eigenvalue weighted by Crippen LogP contribution is 2.25. The Hall–Kier alpha value is -2.36. The summed E-state index contributed by atoms with van der Waals surface area (Å²) in [5.74, 6) is -1.33. The van der Waals surface area contributed by atoms with E-state index in [9.17, 15) is 22.4 Å². The van der Waals surface area contributed by atoms with E-state index >= 15 is 0 Å². The quantitative estimate of drug-likeness (QED) is 0.396. The minimum absolute atomic E-state index is 0.0528. The Balaban J connectivity index is 2.21. The summed E-state index contributed by atoms with van der Waals surface area (Å²) in [4.78, 5) is 27.5. The molecule has 7 nitrogen and oxygen atoms in total. The minimum Gasteiger partial charge on any atom is -0.352 e. The lowest BCUT2D eigenvalue weighted by Crippen LogP contribution is -2.49. The summed E-state index contributed by atoms with van der Waals surface area (Å²) in [7, 11) is -3.79. The normalized spacial score (nSPS) is 13.1. The standard InChI is InChI=1S/C25H32Cl2FN3O4S/c1-5-17(2)29-25(33)18(3)30(16-19-12-13-20(26)21(27)15-19)24(32)11-8-14-31(36(4,34)35)23-10-7-6-9-22(23)28/h6-7,9-10,12-13,15,17-18H,5,8,11,14,16H2,1-4H3,(H,29,33)/t17-,18+/m0/s1. The molecule has 2 amide bonds. The van der Waals surface area contributed by atoms with E-state index in [1.165, 1.54) is 29.2 Å². The highest BCUT2D eigenvalue weighted by molar-refractivity contribution is 7.92. The van der Waals surface area contributed by atoms with Gasteiger partial charge in [-0.15, -0.1) is 0 Å². The van der Waals surface area contributed by atoms with Crippen LogP contribution in [-0.4, -0.2) is 50.0 Å². The summed E-state index contributed by atoms with van der Waals surface area (Å²) in [5.41, 5.74) is 0.603. The molecule has 2 atom stereocenters. The molecule has 0 spiro atoms. The fourth-order valence-corrected chi connectivity index (χ4v) is 4.81. The zero-order valence-electron chi connectivity index (χ0n) is 20.8. The van der Waals surface area contributed by atoms with E-state index in [1.54, 1.807) is 25.1 Å². The lowest BCUT2D eigenvalue weighted by atomic mass is 10.1. The predicted molar refractivity (Wildman–Crippen MR) is 142 cm³/mol. The van der Waals surface area contributed by atoms with Crippen LogP contribution in [0.15, 0.2) is 42.5 Å². The van der Waals surface area contributed by atoms with E-state index in [0.717, 1.165) is 17.0 Å². The van der Waals surface area contributed by atoms with Gasteiger partial charge in [0.25, 0.3) is 0 Å². The van der Waals surface area contributed by atoms with Gasteiger partial charge in [-0.2, -0.15) is 0 Å². The number of hydrogen-bond donors (Lipinski definition) is 1. The Kier molecular flexibility index (Phi) is 11.0. The first-order valence-corrected chi connectivity index (χ1v) is 14.2. The summed E-state index contributed by atoms with van der Waals surface area (Å²) in [6.45, 7) is 5.46. The van der Waals surface area contributed by atoms with Crippen LogP contribution in [0.3, 0.4) is 0 Å². The molecule has 36 heavy (non-hydrogen) atoms. The summed E-state index contributed by atoms with van der Waals surface area (Å²) < 4.78 is 39.8. The van der Waals surface area contributed by atoms with Gasteiger partial charge >= 0.3 is 0 Å². The van der Waals surface area contributed by atoms with Crippen molar-refractivity contribution < 1.29 is 22.4 Å². The number of nitrogens with zero attached hydrogens (tertiary/aromatic N) is 2. The first-order chi connectivity index (χ1) is 16.8. The maximum absolute atomic E-state index is 14.3. The van der Waals surface area contributed by atoms with Crippen molar-refractivity contribution in [2.45, 2.75) is 58.7 Å². The number of hydrogen-bond acceptors (Lipinski definition) is 4. The summed E-state index contributed by atoms with van der Waals surface area (Å²) in [6, 6.07) is 9.66. The molecule has 1 N–H and O–H groups in total. The number of sulfonamides is 1. The van der Waals surface area contributed by atoms with Crippen molar-refractivity contribution >= 4 is 50.7 Å². The number of benzene rings is 2. The maximum Gasteiger partial charge on any atom is 0.242 e. The van der Waals surface area contributed by atoms with E-state index in [0.29, 0.717) is 15.6 Å². The number of anilines is 1. The van der Waals surface area contributed by atoms with Gasteiger partial charge in [0, 0.05) is 25.6 Å². The predicted octanol–water partition coefficient (Wildman–Crippen LogP) is 5.01. The van der Waals surface area contributed by atoms with Crippen LogP contribution in [0.25, 0.3) is 0 Å². The largest absolute Gasteiger partial charge is 0.352 e. The van der Waals surface area contributed by atoms with Gasteiger partial charge in [-0.05, 0) is 56.5 Å². The average Bonchev–Trinajstić information content (AvgIpc) is 2.81. The van der Waals surface area contributed by atoms with Gasteiger partial charge < -0.3 is 10.2 Å². The number of para-hydroxylation sites is 1. The molecule has 0 unspecified atom stereocenters. The van der Waals surface area contributed by atoms with Crippen LogP contribution in [0.1, 0.15) is 45.6 Å². The zero-order valence-corrected chi connectivity index (χ0v) is 23.1. The topological polar surface area (TPSA) is 86.8 Å². The van der Waals surface area contributed by atoms with Gasteiger partial charge in [-0.1, -0.05) is 48.3 Å². The maximum atomic E-state index is 14.3. The van der Waals surface area contributed by atoms with Gasteiger partial charge in [0.1, 0.15) is 11.9 Å². The zero-order chi connectivity index (χ0) is 27.0. The fraction of sp³-hybridized carbons (Fsp3) is 0.440. The molecule has 0 fully saturated rings. The molecule has 198 valence electrons. The van der Waals surface area contributed by atoms with Crippen molar-refractivity contribution in [2.24, 2.45) is 0 Å². The Labute approximate surface area is 222 Å². The molecule has 2 rings (SSSR count). The van der Waals surface area contributed by atoms with Crippen LogP contribution in [-0.2, 0) is 26.2 Å². The van der Waals surface area contributed by atoms with Crippen LogP contribution in [0, 0.1) is 5.82 Å². The van der Waals surface area contributed by atoms with Crippen LogP contribution in [0.4, 0.5) is 10.1 Å². The Bertz CT molecular complexity index is 1180. The first-order valence-electron chi connectivity index (χ1n) is 11.6. The summed E-state index contributed by atoms with van der Waals surface area (Å²) in [6.07, 6.45) is 1.79. The molecule has 0 aromatic heterocycles. The second-order valence-corrected chi connectivity index (χ2v) is 11.4. The fourth-order valence-electron chi connectivity index (χ4n) is 3.52. The van der Waals surface area contributed by atoms with Crippen LogP contribution in [0.2, 0.25) is 10.0 Å². The number of rotatable bonds is 12. The second kappa shape index (κ2) is 13.3. The van der Waals surface area contributed by atoms with Crippen molar-refractivity contribution in [3.63, 3.8) is 0 Å². The van der Waals surface area contributed by atoms with Gasteiger partial charge in [-0.25, -0.2) is 12.8 Å².